The van der Waals surface area contributed by atoms with Gasteiger partial charge < -0.3 is 0 Å². The average Bonchev–Trinajstić information content (AvgIpc) is 2.51. The minimum Gasteiger partial charge on any atom is -0.166 e. The van der Waals surface area contributed by atoms with Crippen LogP contribution in [0.25, 0.3) is 0 Å². The zero-order valence-electron chi connectivity index (χ0n) is 14.4. The van der Waals surface area contributed by atoms with Crippen molar-refractivity contribution >= 4 is 38.5 Å². The van der Waals surface area contributed by atoms with Gasteiger partial charge in [-0.3, -0.25) is 0 Å². The smallest absolute Gasteiger partial charge is 0.166 e. The molecule has 0 N–H and O–H groups in total. The molecule has 2 rings (SSSR count). The van der Waals surface area contributed by atoms with Crippen molar-refractivity contribution < 1.29 is 13.2 Å². The number of hydrogen-bond acceptors (Lipinski definition) is 0. The molecule has 0 aliphatic rings. The molecule has 132 valence electrons. The molecule has 0 bridgehead atoms. The second-order valence-electron chi connectivity index (χ2n) is 5.79. The van der Waals surface area contributed by atoms with E-state index in [0.29, 0.717) is 5.56 Å². The van der Waals surface area contributed by atoms with Gasteiger partial charge in [0.15, 0.2) is 0 Å². The summed E-state index contributed by atoms with van der Waals surface area (Å²) in [5.74, 6) is 0. The molecule has 0 spiro atoms. The maximum atomic E-state index is 12.2. The lowest BCUT2D eigenvalue weighted by atomic mass is 10.0. The Kier molecular flexibility index (Phi) is 7.78. The van der Waals surface area contributed by atoms with Crippen LogP contribution in [0.15, 0.2) is 30.3 Å². The van der Waals surface area contributed by atoms with Crippen molar-refractivity contribution in [2.45, 2.75) is 45.6 Å². The normalized spacial score (nSPS) is 12.4. The number of aryl methyl sites for hydroxylation is 1. The van der Waals surface area contributed by atoms with Crippen LogP contribution < -0.4 is 0 Å². The lowest BCUT2D eigenvalue weighted by molar-refractivity contribution is -0.137. The van der Waals surface area contributed by atoms with Crippen LogP contribution in [-0.4, -0.2) is 0 Å². The molecule has 0 fully saturated rings. The fourth-order valence-electron chi connectivity index (χ4n) is 2.13. The van der Waals surface area contributed by atoms with Gasteiger partial charge in [-0.15, -0.1) is 0 Å². The molecule has 0 aromatic heterocycles. The van der Waals surface area contributed by atoms with Crippen molar-refractivity contribution in [1.29, 1.82) is 0 Å². The lowest BCUT2D eigenvalue weighted by Gasteiger charge is -2.09. The Morgan fingerprint density at radius 1 is 0.958 bits per heavy atom. The minimum atomic E-state index is -4.25. The monoisotopic (exact) mass is 512 g/mol. The first-order valence-electron chi connectivity index (χ1n) is 7.49. The highest BCUT2D eigenvalue weighted by Gasteiger charge is 2.30. The second-order valence-corrected chi connectivity index (χ2v) is 8.33. The van der Waals surface area contributed by atoms with Crippen LogP contribution in [0, 0.1) is 31.3 Å². The van der Waals surface area contributed by atoms with Gasteiger partial charge in [0.25, 0.3) is 0 Å². The molecule has 2 aromatic rings. The summed E-state index contributed by atoms with van der Waals surface area (Å²) in [4.78, 5) is -0.0604. The van der Waals surface area contributed by atoms with Gasteiger partial charge in [-0.1, -0.05) is 34.1 Å². The van der Waals surface area contributed by atoms with Crippen LogP contribution in [0.1, 0.15) is 45.1 Å². The van der Waals surface area contributed by atoms with Gasteiger partial charge in [0, 0.05) is 8.40 Å². The molecule has 0 heterocycles. The van der Waals surface area contributed by atoms with Crippen LogP contribution >= 0.6 is 38.5 Å². The summed E-state index contributed by atoms with van der Waals surface area (Å²) in [5.41, 5.74) is 5.73. The molecule has 5 heteroatoms. The van der Waals surface area contributed by atoms with Crippen molar-refractivity contribution in [3.8, 4) is 0 Å². The van der Waals surface area contributed by atoms with Crippen LogP contribution in [0.4, 0.5) is 13.2 Å². The zero-order chi connectivity index (χ0) is 18.7. The van der Waals surface area contributed by atoms with Gasteiger partial charge >= 0.3 is 6.18 Å². The molecule has 1 atom stereocenters. The highest BCUT2D eigenvalue weighted by Crippen LogP contribution is 2.32. The van der Waals surface area contributed by atoms with Crippen molar-refractivity contribution in [2.24, 2.45) is 0 Å². The van der Waals surface area contributed by atoms with Crippen LogP contribution in [-0.2, 0) is 6.18 Å². The third-order valence-corrected chi connectivity index (χ3v) is 5.74. The first-order valence-corrected chi connectivity index (χ1v) is 9.48. The summed E-state index contributed by atoms with van der Waals surface area (Å²) >= 11 is 5.61. The van der Waals surface area contributed by atoms with Gasteiger partial charge in [-0.05, 0) is 97.2 Å². The molecule has 1 unspecified atom stereocenters. The predicted octanol–water partition coefficient (Wildman–Crippen LogP) is 7.69. The molecule has 0 aliphatic heterocycles. The van der Waals surface area contributed by atoms with E-state index in [2.05, 4.69) is 72.3 Å². The number of hydrogen-bond donors (Lipinski definition) is 0. The Morgan fingerprint density at radius 3 is 2.04 bits per heavy atom. The first kappa shape index (κ1) is 21.5. The maximum absolute atomic E-state index is 12.2. The third kappa shape index (κ3) is 5.76. The van der Waals surface area contributed by atoms with Crippen LogP contribution in [0.2, 0.25) is 0 Å². The summed E-state index contributed by atoms with van der Waals surface area (Å²) in [6, 6.07) is 7.54. The summed E-state index contributed by atoms with van der Waals surface area (Å²) in [6.07, 6.45) is -4.25. The summed E-state index contributed by atoms with van der Waals surface area (Å²) in [6.45, 7) is 10.5. The fraction of sp³-hybridized carbons (Fsp3) is 0.368. The Morgan fingerprint density at radius 2 is 1.54 bits per heavy atom. The fourth-order valence-corrected chi connectivity index (χ4v) is 3.28. The van der Waals surface area contributed by atoms with Gasteiger partial charge in [-0.25, -0.2) is 0 Å². The quantitative estimate of drug-likeness (QED) is 0.271. The molecule has 2 aromatic carbocycles. The van der Waals surface area contributed by atoms with Crippen LogP contribution in [0.3, 0.4) is 0 Å². The number of alkyl halides is 4. The van der Waals surface area contributed by atoms with Crippen molar-refractivity contribution in [3.63, 3.8) is 0 Å². The third-order valence-electron chi connectivity index (χ3n) is 4.09. The predicted molar refractivity (Wildman–Crippen MR) is 107 cm³/mol. The van der Waals surface area contributed by atoms with Crippen molar-refractivity contribution in [3.05, 3.63) is 67.3 Å². The largest absolute Gasteiger partial charge is 0.416 e. The Bertz CT molecular complexity index is 680. The maximum Gasteiger partial charge on any atom is 0.416 e. The second kappa shape index (κ2) is 8.70. The topological polar surface area (TPSA) is 0 Å². The standard InChI is InChI=1S/C10H13I.C9H8BrF3/c1-6-5-10(11)9(4)8(3)7(6)2;1-6(10)7-3-2-4-8(5-7)9(11,12)13/h5H,1-4H3;2-6H,1H3. The summed E-state index contributed by atoms with van der Waals surface area (Å²) in [5, 5.41) is 0. The zero-order valence-corrected chi connectivity index (χ0v) is 18.1. The first-order chi connectivity index (χ1) is 10.9. The Hall–Kier alpha value is -0.560. The van der Waals surface area contributed by atoms with Gasteiger partial charge in [-0.2, -0.15) is 13.2 Å². The Balaban J connectivity index is 0.000000243. The van der Waals surface area contributed by atoms with Gasteiger partial charge in [0.2, 0.25) is 0 Å². The van der Waals surface area contributed by atoms with Gasteiger partial charge in [0.05, 0.1) is 5.56 Å². The van der Waals surface area contributed by atoms with E-state index in [9.17, 15) is 13.2 Å². The van der Waals surface area contributed by atoms with E-state index in [-0.39, 0.29) is 4.83 Å². The molecule has 0 saturated carbocycles. The molecule has 0 amide bonds. The molecular formula is C19H21BrF3I. The Labute approximate surface area is 164 Å². The number of rotatable bonds is 1. The van der Waals surface area contributed by atoms with E-state index in [1.165, 1.54) is 31.9 Å². The van der Waals surface area contributed by atoms with E-state index in [4.69, 9.17) is 0 Å². The SMILES string of the molecule is CC(Br)c1cccc(C(F)(F)F)c1.Cc1cc(I)c(C)c(C)c1C. The number of benzene rings is 2. The summed E-state index contributed by atoms with van der Waals surface area (Å²) < 4.78 is 38.0. The van der Waals surface area contributed by atoms with E-state index < -0.39 is 11.7 Å². The minimum absolute atomic E-state index is 0.0604. The van der Waals surface area contributed by atoms with Crippen LogP contribution in [0.5, 0.6) is 0 Å². The molecule has 0 nitrogen and oxygen atoms in total. The van der Waals surface area contributed by atoms with Crippen molar-refractivity contribution in [2.75, 3.05) is 0 Å². The van der Waals surface area contributed by atoms with E-state index in [0.717, 1.165) is 12.1 Å². The van der Waals surface area contributed by atoms with E-state index in [1.807, 2.05) is 0 Å². The average molecular weight is 513 g/mol. The highest BCUT2D eigenvalue weighted by atomic mass is 127. The molecule has 24 heavy (non-hydrogen) atoms. The number of halogens is 5. The summed E-state index contributed by atoms with van der Waals surface area (Å²) in [7, 11) is 0. The van der Waals surface area contributed by atoms with Gasteiger partial charge in [0.1, 0.15) is 0 Å². The highest BCUT2D eigenvalue weighted by molar-refractivity contribution is 14.1. The van der Waals surface area contributed by atoms with E-state index >= 15 is 0 Å². The lowest BCUT2D eigenvalue weighted by Crippen LogP contribution is -2.05. The van der Waals surface area contributed by atoms with Crippen molar-refractivity contribution in [1.82, 2.24) is 0 Å². The van der Waals surface area contributed by atoms with E-state index in [1.54, 1.807) is 13.0 Å². The molecule has 0 saturated heterocycles. The molecule has 0 radical (unpaired) electrons. The molecular weight excluding hydrogens is 492 g/mol. The molecule has 0 aliphatic carbocycles.